The molecule has 0 fully saturated rings. The van der Waals surface area contributed by atoms with Gasteiger partial charge in [0.15, 0.2) is 0 Å². The van der Waals surface area contributed by atoms with Gasteiger partial charge < -0.3 is 24.8 Å². The summed E-state index contributed by atoms with van der Waals surface area (Å²) >= 11 is 0. The molecule has 0 spiro atoms. The molecule has 1 aromatic rings. The molecule has 1 rings (SSSR count). The van der Waals surface area contributed by atoms with E-state index in [1.165, 1.54) is 0 Å². The molecule has 2 N–H and O–H groups in total. The second-order valence-electron chi connectivity index (χ2n) is 4.07. The van der Waals surface area contributed by atoms with Gasteiger partial charge in [0.2, 0.25) is 0 Å². The lowest BCUT2D eigenvalue weighted by atomic mass is 10.3. The second-order valence-corrected chi connectivity index (χ2v) is 4.07. The van der Waals surface area contributed by atoms with Crippen LogP contribution in [-0.2, 0) is 14.3 Å². The summed E-state index contributed by atoms with van der Waals surface area (Å²) in [4.78, 5) is 33.4. The minimum Gasteiger partial charge on any atom is -0.461 e. The fourth-order valence-electron chi connectivity index (χ4n) is 1.35. The molecule has 0 aromatic heterocycles. The monoisotopic (exact) mass is 322 g/mol. The van der Waals surface area contributed by atoms with Gasteiger partial charge in [-0.3, -0.25) is 0 Å². The Kier molecular flexibility index (Phi) is 8.35. The van der Waals surface area contributed by atoms with Crippen LogP contribution in [0.2, 0.25) is 0 Å². The third-order valence-corrected chi connectivity index (χ3v) is 2.35. The number of ether oxygens (including phenoxy) is 3. The van der Waals surface area contributed by atoms with Crippen molar-refractivity contribution in [3.05, 3.63) is 43.0 Å². The number of para-hydroxylation sites is 1. The van der Waals surface area contributed by atoms with Crippen LogP contribution in [0.15, 0.2) is 43.0 Å². The van der Waals surface area contributed by atoms with Crippen molar-refractivity contribution in [2.75, 3.05) is 26.3 Å². The number of hydrogen-bond donors (Lipinski definition) is 2. The number of amides is 2. The predicted molar refractivity (Wildman–Crippen MR) is 81.0 cm³/mol. The summed E-state index contributed by atoms with van der Waals surface area (Å²) in [6, 6.07) is 8.00. The van der Waals surface area contributed by atoms with Crippen molar-refractivity contribution < 1.29 is 28.6 Å². The molecule has 0 atom stereocenters. The van der Waals surface area contributed by atoms with Crippen LogP contribution in [0.5, 0.6) is 5.75 Å². The fourth-order valence-corrected chi connectivity index (χ4v) is 1.35. The Hall–Kier alpha value is -3.03. The molecule has 0 unspecified atom stereocenters. The molecular weight excluding hydrogens is 304 g/mol. The summed E-state index contributed by atoms with van der Waals surface area (Å²) in [5, 5.41) is 4.92. The zero-order valence-electron chi connectivity index (χ0n) is 12.4. The molecule has 8 nitrogen and oxygen atoms in total. The number of carbonyl (C=O) groups is 3. The molecule has 0 aliphatic rings. The smallest absolute Gasteiger partial charge is 0.461 e. The first-order chi connectivity index (χ1) is 11.1. The summed E-state index contributed by atoms with van der Waals surface area (Å²) in [6.45, 7) is 3.51. The molecule has 1 aromatic carbocycles. The van der Waals surface area contributed by atoms with Crippen LogP contribution in [0, 0.1) is 0 Å². The second kappa shape index (κ2) is 10.7. The van der Waals surface area contributed by atoms with E-state index in [9.17, 15) is 14.4 Å². The maximum absolute atomic E-state index is 11.3. The van der Waals surface area contributed by atoms with Gasteiger partial charge in [-0.1, -0.05) is 24.8 Å². The van der Waals surface area contributed by atoms with Gasteiger partial charge in [0.25, 0.3) is 0 Å². The average molecular weight is 322 g/mol. The minimum absolute atomic E-state index is 0.0372. The Morgan fingerprint density at radius 1 is 1.00 bits per heavy atom. The quantitative estimate of drug-likeness (QED) is 0.323. The van der Waals surface area contributed by atoms with E-state index in [0.29, 0.717) is 5.75 Å². The molecule has 0 saturated carbocycles. The topological polar surface area (TPSA) is 103 Å². The summed E-state index contributed by atoms with van der Waals surface area (Å²) in [5.74, 6) is -0.185. The first-order valence-electron chi connectivity index (χ1n) is 6.82. The van der Waals surface area contributed by atoms with Crippen molar-refractivity contribution in [2.45, 2.75) is 0 Å². The van der Waals surface area contributed by atoms with Gasteiger partial charge in [-0.15, -0.1) is 0 Å². The molecule has 2 amide bonds. The number of nitrogens with one attached hydrogen (secondary N) is 2. The number of carbonyl (C=O) groups excluding carboxylic acids is 3. The molecule has 124 valence electrons. The van der Waals surface area contributed by atoms with E-state index in [1.54, 1.807) is 30.3 Å². The fraction of sp³-hybridized carbons (Fsp3) is 0.267. The van der Waals surface area contributed by atoms with Crippen LogP contribution in [-0.4, -0.2) is 44.5 Å². The SMILES string of the molecule is C=CC(=O)OCCNC(=O)NCCOC(=O)Oc1ccccc1. The highest BCUT2D eigenvalue weighted by Crippen LogP contribution is 2.08. The Morgan fingerprint density at radius 2 is 1.61 bits per heavy atom. The van der Waals surface area contributed by atoms with Crippen molar-refractivity contribution in [2.24, 2.45) is 0 Å². The van der Waals surface area contributed by atoms with E-state index in [-0.39, 0.29) is 26.3 Å². The van der Waals surface area contributed by atoms with Gasteiger partial charge in [0, 0.05) is 6.08 Å². The molecule has 0 saturated heterocycles. The van der Waals surface area contributed by atoms with Gasteiger partial charge in [-0.05, 0) is 12.1 Å². The highest BCUT2D eigenvalue weighted by atomic mass is 16.7. The molecule has 0 aliphatic heterocycles. The summed E-state index contributed by atoms with van der Waals surface area (Å²) in [6.07, 6.45) is 0.182. The Labute approximate surface area is 133 Å². The zero-order valence-corrected chi connectivity index (χ0v) is 12.4. The maximum atomic E-state index is 11.3. The maximum Gasteiger partial charge on any atom is 0.513 e. The molecule has 8 heteroatoms. The molecular formula is C15H18N2O6. The summed E-state index contributed by atoms with van der Waals surface area (Å²) in [5.41, 5.74) is 0. The van der Waals surface area contributed by atoms with Crippen molar-refractivity contribution >= 4 is 18.2 Å². The molecule has 0 aliphatic carbocycles. The summed E-state index contributed by atoms with van der Waals surface area (Å²) < 4.78 is 14.3. The predicted octanol–water partition coefficient (Wildman–Crippen LogP) is 1.23. The lowest BCUT2D eigenvalue weighted by Gasteiger charge is -2.08. The highest BCUT2D eigenvalue weighted by Gasteiger charge is 2.06. The van der Waals surface area contributed by atoms with Crippen LogP contribution in [0.25, 0.3) is 0 Å². The Balaban J connectivity index is 2.03. The van der Waals surface area contributed by atoms with Gasteiger partial charge in [0.05, 0.1) is 13.1 Å². The van der Waals surface area contributed by atoms with E-state index < -0.39 is 18.2 Å². The number of urea groups is 1. The molecule has 0 heterocycles. The van der Waals surface area contributed by atoms with Crippen molar-refractivity contribution in [3.63, 3.8) is 0 Å². The average Bonchev–Trinajstić information content (AvgIpc) is 2.56. The lowest BCUT2D eigenvalue weighted by Crippen LogP contribution is -2.39. The lowest BCUT2D eigenvalue weighted by molar-refractivity contribution is -0.137. The van der Waals surface area contributed by atoms with Gasteiger partial charge in [0.1, 0.15) is 19.0 Å². The van der Waals surface area contributed by atoms with E-state index >= 15 is 0 Å². The van der Waals surface area contributed by atoms with Gasteiger partial charge >= 0.3 is 18.2 Å². The molecule has 0 radical (unpaired) electrons. The first-order valence-corrected chi connectivity index (χ1v) is 6.82. The van der Waals surface area contributed by atoms with Crippen molar-refractivity contribution in [3.8, 4) is 5.75 Å². The normalized spacial score (nSPS) is 9.39. The van der Waals surface area contributed by atoms with Crippen molar-refractivity contribution in [1.82, 2.24) is 10.6 Å². The van der Waals surface area contributed by atoms with Crippen LogP contribution in [0.1, 0.15) is 0 Å². The Morgan fingerprint density at radius 3 is 2.22 bits per heavy atom. The summed E-state index contributed by atoms with van der Waals surface area (Å²) in [7, 11) is 0. The van der Waals surface area contributed by atoms with Crippen LogP contribution in [0.4, 0.5) is 9.59 Å². The third kappa shape index (κ3) is 8.76. The first kappa shape index (κ1) is 18.0. The number of hydrogen-bond acceptors (Lipinski definition) is 6. The van der Waals surface area contributed by atoms with Crippen LogP contribution in [0.3, 0.4) is 0 Å². The Bertz CT molecular complexity index is 532. The van der Waals surface area contributed by atoms with Gasteiger partial charge in [-0.25, -0.2) is 14.4 Å². The minimum atomic E-state index is -0.852. The number of esters is 1. The van der Waals surface area contributed by atoms with Crippen LogP contribution < -0.4 is 15.4 Å². The standard InChI is InChI=1S/C15H18N2O6/c1-2-13(18)21-10-8-16-14(19)17-9-11-22-15(20)23-12-6-4-3-5-7-12/h2-7H,1,8-11H2,(H2,16,17,19). The van der Waals surface area contributed by atoms with E-state index in [2.05, 4.69) is 21.9 Å². The third-order valence-electron chi connectivity index (χ3n) is 2.35. The van der Waals surface area contributed by atoms with E-state index in [4.69, 9.17) is 9.47 Å². The van der Waals surface area contributed by atoms with Crippen molar-refractivity contribution in [1.29, 1.82) is 0 Å². The molecule has 23 heavy (non-hydrogen) atoms. The van der Waals surface area contributed by atoms with E-state index in [0.717, 1.165) is 6.08 Å². The van der Waals surface area contributed by atoms with E-state index in [1.807, 2.05) is 0 Å². The van der Waals surface area contributed by atoms with Crippen LogP contribution >= 0.6 is 0 Å². The zero-order chi connectivity index (χ0) is 16.9. The largest absolute Gasteiger partial charge is 0.513 e. The highest BCUT2D eigenvalue weighted by molar-refractivity contribution is 5.81. The van der Waals surface area contributed by atoms with Gasteiger partial charge in [-0.2, -0.15) is 0 Å². The number of benzene rings is 1. The molecule has 0 bridgehead atoms. The number of rotatable bonds is 8.